The van der Waals surface area contributed by atoms with E-state index < -0.39 is 10.0 Å². The number of hydrogen-bond donors (Lipinski definition) is 1. The average Bonchev–Trinajstić information content (AvgIpc) is 2.98. The van der Waals surface area contributed by atoms with Crippen LogP contribution in [0.2, 0.25) is 5.02 Å². The lowest BCUT2D eigenvalue weighted by Crippen LogP contribution is -2.17. The molecule has 25 heavy (non-hydrogen) atoms. The third-order valence-electron chi connectivity index (χ3n) is 3.69. The van der Waals surface area contributed by atoms with E-state index in [2.05, 4.69) is 25.6 Å². The lowest BCUT2D eigenvalue weighted by Gasteiger charge is -2.13. The summed E-state index contributed by atoms with van der Waals surface area (Å²) >= 11 is 9.52. The van der Waals surface area contributed by atoms with Gasteiger partial charge in [-0.25, -0.2) is 18.1 Å². The van der Waals surface area contributed by atoms with Gasteiger partial charge in [0.15, 0.2) is 0 Å². The summed E-state index contributed by atoms with van der Waals surface area (Å²) < 4.78 is 30.2. The van der Waals surface area contributed by atoms with Gasteiger partial charge in [0, 0.05) is 21.9 Å². The third kappa shape index (κ3) is 3.89. The molecule has 0 saturated heterocycles. The van der Waals surface area contributed by atoms with E-state index in [0.29, 0.717) is 16.0 Å². The van der Waals surface area contributed by atoms with Crippen molar-refractivity contribution in [3.8, 4) is 0 Å². The largest absolute Gasteiger partial charge is 0.312 e. The molecule has 0 saturated carbocycles. The number of sulfonamides is 1. The first kappa shape index (κ1) is 18.0. The SMILES string of the molecule is Cc1cccc(S(=O)(=O)Nc2nccn2Cc2ccccc2Cl)c1Br. The summed E-state index contributed by atoms with van der Waals surface area (Å²) in [6, 6.07) is 12.5. The number of hydrogen-bond acceptors (Lipinski definition) is 3. The van der Waals surface area contributed by atoms with Gasteiger partial charge in [-0.3, -0.25) is 0 Å². The predicted octanol–water partition coefficient (Wildman–Crippen LogP) is 4.46. The fraction of sp³-hybridized carbons (Fsp3) is 0.118. The van der Waals surface area contributed by atoms with Crippen molar-refractivity contribution >= 4 is 43.5 Å². The Morgan fingerprint density at radius 2 is 1.96 bits per heavy atom. The van der Waals surface area contributed by atoms with Crippen molar-refractivity contribution < 1.29 is 8.42 Å². The molecule has 1 heterocycles. The maximum atomic E-state index is 12.7. The summed E-state index contributed by atoms with van der Waals surface area (Å²) in [6.07, 6.45) is 3.24. The topological polar surface area (TPSA) is 64.0 Å². The fourth-order valence-electron chi connectivity index (χ4n) is 2.36. The third-order valence-corrected chi connectivity index (χ3v) is 6.74. The van der Waals surface area contributed by atoms with Gasteiger partial charge < -0.3 is 4.57 Å². The second-order valence-electron chi connectivity index (χ2n) is 5.46. The first-order valence-corrected chi connectivity index (χ1v) is 10.1. The first-order chi connectivity index (χ1) is 11.9. The molecule has 0 aliphatic heterocycles. The number of benzene rings is 2. The number of nitrogens with zero attached hydrogens (tertiary/aromatic N) is 2. The molecule has 0 unspecified atom stereocenters. The van der Waals surface area contributed by atoms with Crippen LogP contribution >= 0.6 is 27.5 Å². The van der Waals surface area contributed by atoms with E-state index in [1.54, 1.807) is 35.2 Å². The van der Waals surface area contributed by atoms with Crippen molar-refractivity contribution in [3.05, 3.63) is 75.5 Å². The smallest absolute Gasteiger partial charge is 0.265 e. The lowest BCUT2D eigenvalue weighted by molar-refractivity contribution is 0.599. The number of rotatable bonds is 5. The number of aromatic nitrogens is 2. The molecular formula is C17H15BrClN3O2S. The van der Waals surface area contributed by atoms with Crippen molar-refractivity contribution in [2.24, 2.45) is 0 Å². The summed E-state index contributed by atoms with van der Waals surface area (Å²) in [7, 11) is -3.77. The van der Waals surface area contributed by atoms with Crippen LogP contribution in [0.25, 0.3) is 0 Å². The molecule has 0 amide bonds. The molecule has 0 bridgehead atoms. The molecule has 0 spiro atoms. The molecule has 1 aromatic heterocycles. The van der Waals surface area contributed by atoms with Crippen molar-refractivity contribution in [2.45, 2.75) is 18.4 Å². The number of nitrogens with one attached hydrogen (secondary N) is 1. The summed E-state index contributed by atoms with van der Waals surface area (Å²) in [5, 5.41) is 0.617. The Hall–Kier alpha value is -1.83. The first-order valence-electron chi connectivity index (χ1n) is 7.41. The minimum atomic E-state index is -3.77. The van der Waals surface area contributed by atoms with Crippen molar-refractivity contribution in [1.82, 2.24) is 9.55 Å². The Kier molecular flexibility index (Phi) is 5.17. The zero-order valence-electron chi connectivity index (χ0n) is 13.3. The van der Waals surface area contributed by atoms with E-state index >= 15 is 0 Å². The summed E-state index contributed by atoms with van der Waals surface area (Å²) in [4.78, 5) is 4.29. The normalized spacial score (nSPS) is 11.5. The monoisotopic (exact) mass is 439 g/mol. The van der Waals surface area contributed by atoms with Crippen molar-refractivity contribution in [2.75, 3.05) is 4.72 Å². The van der Waals surface area contributed by atoms with E-state index in [0.717, 1.165) is 11.1 Å². The molecule has 130 valence electrons. The quantitative estimate of drug-likeness (QED) is 0.637. The van der Waals surface area contributed by atoms with Crippen LogP contribution < -0.4 is 4.72 Å². The fourth-order valence-corrected chi connectivity index (χ4v) is 4.63. The highest BCUT2D eigenvalue weighted by molar-refractivity contribution is 9.10. The molecule has 0 fully saturated rings. The summed E-state index contributed by atoms with van der Waals surface area (Å²) in [5.41, 5.74) is 1.71. The van der Waals surface area contributed by atoms with E-state index in [9.17, 15) is 8.42 Å². The number of imidazole rings is 1. The van der Waals surface area contributed by atoms with Gasteiger partial charge in [0.1, 0.15) is 4.90 Å². The van der Waals surface area contributed by atoms with Gasteiger partial charge in [-0.1, -0.05) is 41.9 Å². The minimum Gasteiger partial charge on any atom is -0.312 e. The molecule has 5 nitrogen and oxygen atoms in total. The van der Waals surface area contributed by atoms with E-state index in [1.165, 1.54) is 0 Å². The molecule has 3 rings (SSSR count). The predicted molar refractivity (Wildman–Crippen MR) is 102 cm³/mol. The highest BCUT2D eigenvalue weighted by atomic mass is 79.9. The van der Waals surface area contributed by atoms with Crippen LogP contribution in [0.1, 0.15) is 11.1 Å². The second-order valence-corrected chi connectivity index (χ2v) is 8.31. The van der Waals surface area contributed by atoms with Gasteiger partial charge in [-0.15, -0.1) is 0 Å². The molecule has 1 N–H and O–H groups in total. The van der Waals surface area contributed by atoms with Gasteiger partial charge in [-0.05, 0) is 46.1 Å². The van der Waals surface area contributed by atoms with Crippen LogP contribution in [0, 0.1) is 6.92 Å². The van der Waals surface area contributed by atoms with Gasteiger partial charge >= 0.3 is 0 Å². The van der Waals surface area contributed by atoms with Crippen LogP contribution in [0.15, 0.2) is 64.2 Å². The molecule has 2 aromatic carbocycles. The van der Waals surface area contributed by atoms with E-state index in [1.807, 2.05) is 31.2 Å². The molecule has 3 aromatic rings. The van der Waals surface area contributed by atoms with Crippen LogP contribution in [0.5, 0.6) is 0 Å². The minimum absolute atomic E-state index is 0.166. The molecule has 8 heteroatoms. The molecule has 0 aliphatic rings. The van der Waals surface area contributed by atoms with Crippen LogP contribution in [-0.4, -0.2) is 18.0 Å². The zero-order chi connectivity index (χ0) is 18.0. The number of halogens is 2. The Morgan fingerprint density at radius 3 is 2.72 bits per heavy atom. The molecule has 0 radical (unpaired) electrons. The maximum Gasteiger partial charge on any atom is 0.265 e. The number of aryl methyl sites for hydroxylation is 1. The van der Waals surface area contributed by atoms with Gasteiger partial charge in [0.2, 0.25) is 5.95 Å². The van der Waals surface area contributed by atoms with Crippen LogP contribution in [0.3, 0.4) is 0 Å². The molecule has 0 atom stereocenters. The van der Waals surface area contributed by atoms with Gasteiger partial charge in [0.05, 0.1) is 6.54 Å². The van der Waals surface area contributed by atoms with E-state index in [-0.39, 0.29) is 10.8 Å². The Bertz CT molecular complexity index is 1020. The maximum absolute atomic E-state index is 12.7. The summed E-state index contributed by atoms with van der Waals surface area (Å²) in [5.74, 6) is 0.230. The van der Waals surface area contributed by atoms with Crippen molar-refractivity contribution in [3.63, 3.8) is 0 Å². The van der Waals surface area contributed by atoms with Gasteiger partial charge in [0.25, 0.3) is 10.0 Å². The molecular weight excluding hydrogens is 426 g/mol. The number of anilines is 1. The second kappa shape index (κ2) is 7.19. The summed E-state index contributed by atoms with van der Waals surface area (Å²) in [6.45, 7) is 2.24. The lowest BCUT2D eigenvalue weighted by atomic mass is 10.2. The van der Waals surface area contributed by atoms with Gasteiger partial charge in [-0.2, -0.15) is 0 Å². The Balaban J connectivity index is 1.91. The standard InChI is InChI=1S/C17H15BrClN3O2S/c1-12-5-4-8-15(16(12)18)25(23,24)21-17-20-9-10-22(17)11-13-6-2-3-7-14(13)19/h2-10H,11H2,1H3,(H,20,21). The highest BCUT2D eigenvalue weighted by Crippen LogP contribution is 2.27. The van der Waals surface area contributed by atoms with E-state index in [4.69, 9.17) is 11.6 Å². The molecule has 0 aliphatic carbocycles. The zero-order valence-corrected chi connectivity index (χ0v) is 16.4. The van der Waals surface area contributed by atoms with Crippen LogP contribution in [0.4, 0.5) is 5.95 Å². The average molecular weight is 441 g/mol. The highest BCUT2D eigenvalue weighted by Gasteiger charge is 2.21. The van der Waals surface area contributed by atoms with Crippen molar-refractivity contribution in [1.29, 1.82) is 0 Å². The Morgan fingerprint density at radius 1 is 1.20 bits per heavy atom. The van der Waals surface area contributed by atoms with Crippen LogP contribution in [-0.2, 0) is 16.6 Å². The Labute approximate surface area is 159 Å².